The Morgan fingerprint density at radius 1 is 1.16 bits per heavy atom. The van der Waals surface area contributed by atoms with Crippen LogP contribution in [0.5, 0.6) is 0 Å². The number of rotatable bonds is 7. The highest BCUT2D eigenvalue weighted by Crippen LogP contribution is 2.47. The second-order valence-electron chi connectivity index (χ2n) is 10.1. The van der Waals surface area contributed by atoms with E-state index in [1.165, 1.54) is 4.57 Å². The second-order valence-corrected chi connectivity index (χ2v) is 13.2. The number of aromatic nitrogens is 1. The van der Waals surface area contributed by atoms with Gasteiger partial charge in [0, 0.05) is 28.1 Å². The molecular formula is C29H34F3N4OP. The summed E-state index contributed by atoms with van der Waals surface area (Å²) in [5.41, 5.74) is 2.45. The normalized spacial score (nSPS) is 16.5. The van der Waals surface area contributed by atoms with Crippen LogP contribution in [-0.2, 0) is 11.1 Å². The van der Waals surface area contributed by atoms with Crippen LogP contribution < -0.4 is 15.9 Å². The summed E-state index contributed by atoms with van der Waals surface area (Å²) in [5.74, 6) is 5.90. The number of hydrogen-bond acceptors (Lipinski definition) is 4. The molecule has 38 heavy (non-hydrogen) atoms. The molecule has 2 heterocycles. The lowest BCUT2D eigenvalue weighted by molar-refractivity contribution is -0.140. The topological polar surface area (TPSA) is 49.3 Å². The fourth-order valence-electron chi connectivity index (χ4n) is 4.60. The van der Waals surface area contributed by atoms with Crippen LogP contribution in [0.15, 0.2) is 60.4 Å². The summed E-state index contributed by atoms with van der Waals surface area (Å²) in [4.78, 5) is 2.28. The van der Waals surface area contributed by atoms with Gasteiger partial charge in [-0.2, -0.15) is 13.2 Å². The van der Waals surface area contributed by atoms with E-state index < -0.39 is 19.9 Å². The molecule has 0 spiro atoms. The van der Waals surface area contributed by atoms with E-state index in [1.54, 1.807) is 43.9 Å². The van der Waals surface area contributed by atoms with Crippen LogP contribution in [0.2, 0.25) is 0 Å². The summed E-state index contributed by atoms with van der Waals surface area (Å²) in [6, 6.07) is 14.7. The number of hydrogen-bond donors (Lipinski definition) is 2. The molecule has 1 aliphatic rings. The molecule has 1 aliphatic heterocycles. The SMILES string of the molecule is C=C(C)P(C)(=O)c1ccc(NCC#Cc2cc3c(NC4CCN(C)CC4)cccc3n2CC(F)(F)F)cc1. The molecule has 0 saturated carbocycles. The van der Waals surface area contributed by atoms with Gasteiger partial charge in [0.15, 0.2) is 0 Å². The first-order valence-corrected chi connectivity index (χ1v) is 14.8. The third kappa shape index (κ3) is 6.64. The highest BCUT2D eigenvalue weighted by atomic mass is 31.2. The van der Waals surface area contributed by atoms with Crippen molar-refractivity contribution in [2.75, 3.05) is 44.0 Å². The number of halogens is 3. The third-order valence-corrected chi connectivity index (χ3v) is 9.79. The van der Waals surface area contributed by atoms with Crippen LogP contribution in [0.4, 0.5) is 24.5 Å². The number of alkyl halides is 3. The Hall–Kier alpha value is -3.14. The molecule has 5 nitrogen and oxygen atoms in total. The van der Waals surface area contributed by atoms with Crippen molar-refractivity contribution in [3.05, 3.63) is 66.1 Å². The molecule has 0 aliphatic carbocycles. The Kier molecular flexibility index (Phi) is 8.30. The summed E-state index contributed by atoms with van der Waals surface area (Å²) in [7, 11) is -0.524. The lowest BCUT2D eigenvalue weighted by Crippen LogP contribution is -2.36. The summed E-state index contributed by atoms with van der Waals surface area (Å²) in [6.07, 6.45) is -2.40. The van der Waals surface area contributed by atoms with Crippen LogP contribution in [-0.4, -0.2) is 55.0 Å². The van der Waals surface area contributed by atoms with Gasteiger partial charge in [0.25, 0.3) is 0 Å². The molecule has 1 aromatic heterocycles. The molecule has 4 rings (SSSR count). The largest absolute Gasteiger partial charge is 0.406 e. The van der Waals surface area contributed by atoms with Crippen LogP contribution in [0.25, 0.3) is 10.9 Å². The van der Waals surface area contributed by atoms with Crippen molar-refractivity contribution in [1.82, 2.24) is 9.47 Å². The predicted octanol–water partition coefficient (Wildman–Crippen LogP) is 6.33. The summed E-state index contributed by atoms with van der Waals surface area (Å²) < 4.78 is 54.5. The van der Waals surface area contributed by atoms with Crippen molar-refractivity contribution in [3.63, 3.8) is 0 Å². The monoisotopic (exact) mass is 542 g/mol. The molecule has 1 atom stereocenters. The number of allylic oxidation sites excluding steroid dienone is 1. The van der Waals surface area contributed by atoms with Gasteiger partial charge in [-0.25, -0.2) is 0 Å². The van der Waals surface area contributed by atoms with Crippen molar-refractivity contribution in [1.29, 1.82) is 0 Å². The molecule has 202 valence electrons. The highest BCUT2D eigenvalue weighted by molar-refractivity contribution is 7.74. The van der Waals surface area contributed by atoms with E-state index in [1.807, 2.05) is 18.2 Å². The van der Waals surface area contributed by atoms with Crippen molar-refractivity contribution >= 4 is 34.7 Å². The number of fused-ring (bicyclic) bond motifs is 1. The predicted molar refractivity (Wildman–Crippen MR) is 152 cm³/mol. The van der Waals surface area contributed by atoms with Gasteiger partial charge >= 0.3 is 6.18 Å². The first-order chi connectivity index (χ1) is 17.9. The Labute approximate surface area is 222 Å². The molecule has 9 heteroatoms. The van der Waals surface area contributed by atoms with E-state index in [-0.39, 0.29) is 12.6 Å². The van der Waals surface area contributed by atoms with E-state index in [9.17, 15) is 17.7 Å². The number of piperidine rings is 1. The number of nitrogens with zero attached hydrogens (tertiary/aromatic N) is 2. The Morgan fingerprint density at radius 3 is 2.47 bits per heavy atom. The minimum absolute atomic E-state index is 0.248. The quantitative estimate of drug-likeness (QED) is 0.271. The van der Waals surface area contributed by atoms with Gasteiger partial charge < -0.3 is 24.7 Å². The van der Waals surface area contributed by atoms with Gasteiger partial charge in [0.05, 0.1) is 17.8 Å². The first kappa shape index (κ1) is 27.9. The molecule has 0 radical (unpaired) electrons. The van der Waals surface area contributed by atoms with Gasteiger partial charge in [-0.3, -0.25) is 0 Å². The maximum Gasteiger partial charge on any atom is 0.406 e. The molecule has 1 fully saturated rings. The average Bonchev–Trinajstić information content (AvgIpc) is 3.20. The van der Waals surface area contributed by atoms with E-state index >= 15 is 0 Å². The molecule has 0 amide bonds. The van der Waals surface area contributed by atoms with E-state index in [4.69, 9.17) is 0 Å². The minimum atomic E-state index is -4.37. The molecule has 0 bridgehead atoms. The smallest absolute Gasteiger partial charge is 0.382 e. The zero-order valence-corrected chi connectivity index (χ0v) is 22.9. The molecule has 3 aromatic rings. The molecular weight excluding hydrogens is 508 g/mol. The fourth-order valence-corrected chi connectivity index (χ4v) is 5.76. The first-order valence-electron chi connectivity index (χ1n) is 12.6. The van der Waals surface area contributed by atoms with Gasteiger partial charge in [-0.1, -0.05) is 18.6 Å². The Bertz CT molecular complexity index is 1410. The van der Waals surface area contributed by atoms with Crippen molar-refractivity contribution in [2.24, 2.45) is 0 Å². The third-order valence-electron chi connectivity index (χ3n) is 7.05. The summed E-state index contributed by atoms with van der Waals surface area (Å²) in [6.45, 7) is 8.39. The van der Waals surface area contributed by atoms with Gasteiger partial charge in [-0.15, -0.1) is 0 Å². The van der Waals surface area contributed by atoms with E-state index in [2.05, 4.69) is 41.0 Å². The lowest BCUT2D eigenvalue weighted by atomic mass is 10.0. The lowest BCUT2D eigenvalue weighted by Gasteiger charge is -2.30. The minimum Gasteiger partial charge on any atom is -0.382 e. The number of likely N-dealkylation sites (tertiary alicyclic amines) is 1. The summed E-state index contributed by atoms with van der Waals surface area (Å²) >= 11 is 0. The second kappa shape index (κ2) is 11.3. The highest BCUT2D eigenvalue weighted by Gasteiger charge is 2.30. The van der Waals surface area contributed by atoms with Crippen LogP contribution in [0.1, 0.15) is 25.5 Å². The van der Waals surface area contributed by atoms with E-state index in [0.717, 1.165) is 48.0 Å². The maximum absolute atomic E-state index is 13.5. The maximum atomic E-state index is 13.5. The molecule has 2 N–H and O–H groups in total. The molecule has 1 unspecified atom stereocenters. The van der Waals surface area contributed by atoms with Gasteiger partial charge in [0.1, 0.15) is 13.7 Å². The number of anilines is 2. The molecule has 1 saturated heterocycles. The Morgan fingerprint density at radius 2 is 1.84 bits per heavy atom. The number of nitrogens with one attached hydrogen (secondary N) is 2. The van der Waals surface area contributed by atoms with Crippen LogP contribution in [0.3, 0.4) is 0 Å². The van der Waals surface area contributed by atoms with Crippen molar-refractivity contribution < 1.29 is 17.7 Å². The van der Waals surface area contributed by atoms with E-state index in [0.29, 0.717) is 16.5 Å². The number of benzene rings is 2. The Balaban J connectivity index is 1.54. The van der Waals surface area contributed by atoms with Crippen molar-refractivity contribution in [3.8, 4) is 11.8 Å². The zero-order valence-electron chi connectivity index (χ0n) is 22.0. The van der Waals surface area contributed by atoms with Gasteiger partial charge in [-0.05, 0) is 100 Å². The zero-order chi connectivity index (χ0) is 27.5. The van der Waals surface area contributed by atoms with Crippen LogP contribution >= 0.6 is 7.14 Å². The average molecular weight is 543 g/mol. The standard InChI is InChI=1S/C29H34F3N4OP/c1-21(2)38(4,37)25-12-10-22(11-13-25)33-16-6-7-24-19-26-27(34-23-14-17-35(3)18-15-23)8-5-9-28(26)36(24)20-29(30,31)32/h5,8-13,19,23,33-34H,1,14-18,20H2,2-4H3. The molecule has 2 aromatic carbocycles. The van der Waals surface area contributed by atoms with Gasteiger partial charge in [0.2, 0.25) is 0 Å². The summed E-state index contributed by atoms with van der Waals surface area (Å²) in [5, 5.41) is 8.82. The fraction of sp³-hybridized carbons (Fsp3) is 0.379. The van der Waals surface area contributed by atoms with Crippen molar-refractivity contribution in [2.45, 2.75) is 38.5 Å². The van der Waals surface area contributed by atoms with Crippen LogP contribution in [0, 0.1) is 11.8 Å².